The average molecular weight is 470 g/mol. The summed E-state index contributed by atoms with van der Waals surface area (Å²) in [6, 6.07) is 4.49. The number of nitrogens with zero attached hydrogens (tertiary/aromatic N) is 1. The molecule has 12 heteroatoms. The monoisotopic (exact) mass is 469 g/mol. The number of benzene rings is 1. The Hall–Kier alpha value is -2.70. The number of anilines is 1. The van der Waals surface area contributed by atoms with Crippen molar-refractivity contribution in [3.63, 3.8) is 0 Å². The van der Waals surface area contributed by atoms with Crippen molar-refractivity contribution >= 4 is 56.7 Å². The first-order chi connectivity index (χ1) is 14.3. The highest BCUT2D eigenvalue weighted by atomic mass is 32.2. The lowest BCUT2D eigenvalue weighted by atomic mass is 10.1. The smallest absolute Gasteiger partial charge is 0.271 e. The number of phenols is 1. The highest BCUT2D eigenvalue weighted by Gasteiger charge is 2.24. The number of phenolic OH excluding ortho intramolecular Hbond substituents is 1. The Morgan fingerprint density at radius 3 is 2.80 bits per heavy atom. The van der Waals surface area contributed by atoms with Crippen LogP contribution in [0.5, 0.6) is 11.5 Å². The Morgan fingerprint density at radius 1 is 1.47 bits per heavy atom. The number of rotatable bonds is 7. The van der Waals surface area contributed by atoms with Crippen molar-refractivity contribution in [3.8, 4) is 11.5 Å². The van der Waals surface area contributed by atoms with Gasteiger partial charge in [-0.05, 0) is 23.8 Å². The molecule has 0 bridgehead atoms. The zero-order valence-corrected chi connectivity index (χ0v) is 18.5. The van der Waals surface area contributed by atoms with Crippen LogP contribution in [0.2, 0.25) is 0 Å². The number of carbonyl (C=O) groups is 2. The molecule has 1 aromatic carbocycles. The van der Waals surface area contributed by atoms with E-state index in [1.54, 1.807) is 17.7 Å². The van der Waals surface area contributed by atoms with E-state index in [1.165, 1.54) is 48.1 Å². The molecular formula is C18H19N3O6S3. The van der Waals surface area contributed by atoms with E-state index in [0.717, 1.165) is 11.3 Å². The Labute approximate surface area is 181 Å². The Kier molecular flexibility index (Phi) is 6.58. The molecule has 0 spiro atoms. The number of sulfonamides is 1. The van der Waals surface area contributed by atoms with Gasteiger partial charge in [0.2, 0.25) is 11.8 Å². The van der Waals surface area contributed by atoms with Crippen LogP contribution in [0.3, 0.4) is 0 Å². The third kappa shape index (κ3) is 4.55. The van der Waals surface area contributed by atoms with Gasteiger partial charge < -0.3 is 20.1 Å². The summed E-state index contributed by atoms with van der Waals surface area (Å²) in [6.07, 6.45) is 4.30. The summed E-state index contributed by atoms with van der Waals surface area (Å²) in [5, 5.41) is 14.8. The lowest BCUT2D eigenvalue weighted by molar-refractivity contribution is -0.127. The molecule has 0 radical (unpaired) electrons. The largest absolute Gasteiger partial charge is 0.504 e. The SMILES string of the molecule is COc1cc(NS(=O)(=O)c2cccs2)c(SC)c(/C=C/C(=O)N2CNC(=O)C2)c1O. The van der Waals surface area contributed by atoms with Gasteiger partial charge in [-0.1, -0.05) is 6.07 Å². The minimum Gasteiger partial charge on any atom is -0.504 e. The number of hydrogen-bond donors (Lipinski definition) is 3. The fraction of sp³-hybridized carbons (Fsp3) is 0.222. The molecule has 0 aliphatic carbocycles. The van der Waals surface area contributed by atoms with E-state index in [2.05, 4.69) is 10.0 Å². The Morgan fingerprint density at radius 2 is 2.23 bits per heavy atom. The van der Waals surface area contributed by atoms with Crippen LogP contribution in [0.1, 0.15) is 5.56 Å². The second kappa shape index (κ2) is 8.98. The molecule has 9 nitrogen and oxygen atoms in total. The maximum atomic E-state index is 12.7. The number of carbonyl (C=O) groups excluding carboxylic acids is 2. The van der Waals surface area contributed by atoms with Gasteiger partial charge in [0.15, 0.2) is 11.5 Å². The Bertz CT molecular complexity index is 1100. The summed E-state index contributed by atoms with van der Waals surface area (Å²) < 4.78 is 33.2. The second-order valence-electron chi connectivity index (χ2n) is 6.09. The minimum atomic E-state index is -3.83. The maximum Gasteiger partial charge on any atom is 0.271 e. The van der Waals surface area contributed by atoms with Gasteiger partial charge in [-0.25, -0.2) is 8.42 Å². The van der Waals surface area contributed by atoms with Crippen molar-refractivity contribution in [1.82, 2.24) is 10.2 Å². The van der Waals surface area contributed by atoms with Gasteiger partial charge in [-0.3, -0.25) is 14.3 Å². The molecule has 1 aliphatic heterocycles. The minimum absolute atomic E-state index is 0.0433. The molecular weight excluding hydrogens is 450 g/mol. The van der Waals surface area contributed by atoms with E-state index < -0.39 is 15.9 Å². The molecule has 1 aliphatic rings. The fourth-order valence-electron chi connectivity index (χ4n) is 2.75. The third-order valence-corrected chi connectivity index (χ3v) is 7.80. The van der Waals surface area contributed by atoms with Crippen LogP contribution in [0.4, 0.5) is 5.69 Å². The van der Waals surface area contributed by atoms with Crippen molar-refractivity contribution in [2.24, 2.45) is 0 Å². The van der Waals surface area contributed by atoms with E-state index in [-0.39, 0.29) is 46.1 Å². The predicted molar refractivity (Wildman–Crippen MR) is 115 cm³/mol. The molecule has 2 amide bonds. The highest BCUT2D eigenvalue weighted by molar-refractivity contribution is 7.99. The van der Waals surface area contributed by atoms with Gasteiger partial charge in [0.05, 0.1) is 19.5 Å². The molecule has 0 saturated carbocycles. The van der Waals surface area contributed by atoms with Crippen LogP contribution < -0.4 is 14.8 Å². The number of aromatic hydroxyl groups is 1. The highest BCUT2D eigenvalue weighted by Crippen LogP contribution is 2.43. The Balaban J connectivity index is 2.00. The lowest BCUT2D eigenvalue weighted by Crippen LogP contribution is -2.27. The normalized spacial score (nSPS) is 14.2. The molecule has 1 fully saturated rings. The van der Waals surface area contributed by atoms with Crippen LogP contribution in [-0.2, 0) is 19.6 Å². The number of thiophene rings is 1. The predicted octanol–water partition coefficient (Wildman–Crippen LogP) is 1.91. The van der Waals surface area contributed by atoms with Crippen LogP contribution >= 0.6 is 23.1 Å². The van der Waals surface area contributed by atoms with Crippen LogP contribution in [0.25, 0.3) is 6.08 Å². The summed E-state index contributed by atoms with van der Waals surface area (Å²) in [5.41, 5.74) is 0.424. The van der Waals surface area contributed by atoms with Crippen LogP contribution in [0, 0.1) is 0 Å². The van der Waals surface area contributed by atoms with Crippen molar-refractivity contribution in [3.05, 3.63) is 35.2 Å². The fourth-order valence-corrected chi connectivity index (χ4v) is 5.59. The van der Waals surface area contributed by atoms with E-state index in [9.17, 15) is 23.1 Å². The summed E-state index contributed by atoms with van der Waals surface area (Å²) in [6.45, 7) is 0.0574. The molecule has 0 unspecified atom stereocenters. The molecule has 0 atom stereocenters. The van der Waals surface area contributed by atoms with Gasteiger partial charge in [-0.15, -0.1) is 23.1 Å². The zero-order valence-electron chi connectivity index (χ0n) is 16.0. The standard InChI is InChI=1S/C18H19N3O6S3/c1-27-13-8-12(20-30(25,26)16-4-3-7-29-16)18(28-2)11(17(13)24)5-6-15(23)21-9-14(22)19-10-21/h3-8,20,24H,9-10H2,1-2H3,(H,19,22)/b6-5+. The van der Waals surface area contributed by atoms with E-state index >= 15 is 0 Å². The van der Waals surface area contributed by atoms with Gasteiger partial charge in [-0.2, -0.15) is 0 Å². The van der Waals surface area contributed by atoms with Crippen molar-refractivity contribution in [1.29, 1.82) is 0 Å². The molecule has 1 saturated heterocycles. The van der Waals surface area contributed by atoms with E-state index in [1.807, 2.05) is 0 Å². The van der Waals surface area contributed by atoms with Gasteiger partial charge >= 0.3 is 0 Å². The number of thioether (sulfide) groups is 1. The van der Waals surface area contributed by atoms with Crippen molar-refractivity contribution in [2.75, 3.05) is 31.3 Å². The molecule has 1 aromatic heterocycles. The van der Waals surface area contributed by atoms with Gasteiger partial charge in [0, 0.05) is 22.6 Å². The topological polar surface area (TPSA) is 125 Å². The molecule has 2 aromatic rings. The zero-order chi connectivity index (χ0) is 21.9. The van der Waals surface area contributed by atoms with Crippen molar-refractivity contribution in [2.45, 2.75) is 9.10 Å². The summed E-state index contributed by atoms with van der Waals surface area (Å²) >= 11 is 2.27. The number of amides is 2. The molecule has 3 rings (SSSR count). The van der Waals surface area contributed by atoms with E-state index in [0.29, 0.717) is 4.90 Å². The number of hydrogen-bond acceptors (Lipinski definition) is 8. The number of methoxy groups -OCH3 is 1. The first kappa shape index (κ1) is 22.0. The van der Waals surface area contributed by atoms with Gasteiger partial charge in [0.1, 0.15) is 10.8 Å². The van der Waals surface area contributed by atoms with Crippen LogP contribution in [0.15, 0.2) is 38.8 Å². The molecule has 2 heterocycles. The second-order valence-corrected chi connectivity index (χ2v) is 9.76. The van der Waals surface area contributed by atoms with Crippen LogP contribution in [-0.4, -0.2) is 56.8 Å². The average Bonchev–Trinajstić information content (AvgIpc) is 3.39. The first-order valence-corrected chi connectivity index (χ1v) is 12.1. The number of nitrogens with one attached hydrogen (secondary N) is 2. The molecule has 30 heavy (non-hydrogen) atoms. The maximum absolute atomic E-state index is 12.7. The summed E-state index contributed by atoms with van der Waals surface area (Å²) in [7, 11) is -2.50. The van der Waals surface area contributed by atoms with E-state index in [4.69, 9.17) is 4.74 Å². The summed E-state index contributed by atoms with van der Waals surface area (Å²) in [5.74, 6) is -0.873. The third-order valence-electron chi connectivity index (χ3n) is 4.19. The summed E-state index contributed by atoms with van der Waals surface area (Å²) in [4.78, 5) is 25.3. The lowest BCUT2D eigenvalue weighted by Gasteiger charge is -2.17. The van der Waals surface area contributed by atoms with Crippen molar-refractivity contribution < 1.29 is 27.9 Å². The molecule has 160 valence electrons. The number of ether oxygens (including phenoxy) is 1. The van der Waals surface area contributed by atoms with Gasteiger partial charge in [0.25, 0.3) is 10.0 Å². The first-order valence-electron chi connectivity index (χ1n) is 8.54. The quantitative estimate of drug-likeness (QED) is 0.321. The molecule has 3 N–H and O–H groups in total.